The van der Waals surface area contributed by atoms with Crippen LogP contribution >= 0.6 is 15.9 Å². The molecule has 0 fully saturated rings. The predicted molar refractivity (Wildman–Crippen MR) is 89.0 cm³/mol. The van der Waals surface area contributed by atoms with E-state index in [2.05, 4.69) is 21.2 Å². The highest BCUT2D eigenvalue weighted by Crippen LogP contribution is 2.29. The van der Waals surface area contributed by atoms with Gasteiger partial charge in [0, 0.05) is 10.2 Å². The van der Waals surface area contributed by atoms with Gasteiger partial charge in [-0.3, -0.25) is 4.79 Å². The van der Waals surface area contributed by atoms with E-state index in [1.165, 1.54) is 7.11 Å². The zero-order valence-electron chi connectivity index (χ0n) is 12.2. The molecule has 1 amide bonds. The molecule has 0 saturated heterocycles. The average Bonchev–Trinajstić information content (AvgIpc) is 2.42. The molecule has 0 spiro atoms. The molecule has 5 heteroatoms. The van der Waals surface area contributed by atoms with Crippen LogP contribution in [0.4, 0.5) is 11.4 Å². The van der Waals surface area contributed by atoms with Crippen LogP contribution in [0.1, 0.15) is 21.5 Å². The summed E-state index contributed by atoms with van der Waals surface area (Å²) in [5.74, 6) is 0.231. The van der Waals surface area contributed by atoms with Crippen LogP contribution in [0.15, 0.2) is 34.8 Å². The first-order valence-corrected chi connectivity index (χ1v) is 7.23. The number of halogens is 1. The molecule has 2 aromatic carbocycles. The molecule has 0 aliphatic carbocycles. The van der Waals surface area contributed by atoms with Crippen molar-refractivity contribution >= 4 is 33.2 Å². The molecule has 2 aromatic rings. The van der Waals surface area contributed by atoms with Gasteiger partial charge in [-0.2, -0.15) is 0 Å². The van der Waals surface area contributed by atoms with Crippen LogP contribution in [0, 0.1) is 13.8 Å². The van der Waals surface area contributed by atoms with Gasteiger partial charge in [0.2, 0.25) is 0 Å². The third-order valence-electron chi connectivity index (χ3n) is 3.14. The van der Waals surface area contributed by atoms with Gasteiger partial charge in [-0.1, -0.05) is 6.07 Å². The van der Waals surface area contributed by atoms with Crippen LogP contribution in [0.3, 0.4) is 0 Å². The summed E-state index contributed by atoms with van der Waals surface area (Å²) in [4.78, 5) is 12.5. The Bertz CT molecular complexity index is 676. The van der Waals surface area contributed by atoms with Crippen molar-refractivity contribution in [3.05, 3.63) is 51.5 Å². The highest BCUT2D eigenvalue weighted by atomic mass is 79.9. The Labute approximate surface area is 132 Å². The molecule has 0 bridgehead atoms. The zero-order chi connectivity index (χ0) is 15.6. The number of benzene rings is 2. The van der Waals surface area contributed by atoms with E-state index in [0.29, 0.717) is 17.0 Å². The lowest BCUT2D eigenvalue weighted by Gasteiger charge is -2.14. The molecule has 0 heterocycles. The molecule has 0 atom stereocenters. The topological polar surface area (TPSA) is 64.3 Å². The van der Waals surface area contributed by atoms with Gasteiger partial charge in [0.05, 0.1) is 18.4 Å². The molecule has 0 aliphatic rings. The van der Waals surface area contributed by atoms with Crippen molar-refractivity contribution in [3.63, 3.8) is 0 Å². The van der Waals surface area contributed by atoms with Gasteiger partial charge in [0.25, 0.3) is 5.91 Å². The number of carbonyl (C=O) groups excluding carboxylic acids is 1. The third-order valence-corrected chi connectivity index (χ3v) is 3.76. The second-order valence-corrected chi connectivity index (χ2v) is 5.71. The van der Waals surface area contributed by atoms with E-state index in [0.717, 1.165) is 21.3 Å². The van der Waals surface area contributed by atoms with Crippen LogP contribution in [0.5, 0.6) is 5.75 Å². The Morgan fingerprint density at radius 2 is 1.95 bits per heavy atom. The summed E-state index contributed by atoms with van der Waals surface area (Å²) in [5, 5.41) is 2.90. The number of aryl methyl sites for hydroxylation is 2. The fourth-order valence-electron chi connectivity index (χ4n) is 2.16. The largest absolute Gasteiger partial charge is 0.496 e. The van der Waals surface area contributed by atoms with Crippen LogP contribution in [0.2, 0.25) is 0 Å². The summed E-state index contributed by atoms with van der Waals surface area (Å²) in [6.45, 7) is 3.95. The minimum absolute atomic E-state index is 0.258. The lowest BCUT2D eigenvalue weighted by atomic mass is 10.1. The van der Waals surface area contributed by atoms with Gasteiger partial charge in [-0.05, 0) is 65.2 Å². The van der Waals surface area contributed by atoms with Gasteiger partial charge in [0.1, 0.15) is 5.75 Å². The Morgan fingerprint density at radius 1 is 1.24 bits per heavy atom. The van der Waals surface area contributed by atoms with Crippen molar-refractivity contribution in [1.82, 2.24) is 0 Å². The first kappa shape index (κ1) is 15.4. The number of nitrogens with two attached hydrogens (primary N) is 1. The highest BCUT2D eigenvalue weighted by Gasteiger charge is 2.15. The quantitative estimate of drug-likeness (QED) is 0.826. The van der Waals surface area contributed by atoms with Gasteiger partial charge in [0.15, 0.2) is 0 Å². The summed E-state index contributed by atoms with van der Waals surface area (Å²) < 4.78 is 6.05. The summed E-state index contributed by atoms with van der Waals surface area (Å²) in [6, 6.07) is 8.95. The lowest BCUT2D eigenvalue weighted by molar-refractivity contribution is 0.102. The van der Waals surface area contributed by atoms with E-state index in [9.17, 15) is 4.79 Å². The molecule has 0 aliphatic heterocycles. The molecular weight excluding hydrogens is 332 g/mol. The highest BCUT2D eigenvalue weighted by molar-refractivity contribution is 9.10. The van der Waals surface area contributed by atoms with E-state index in [4.69, 9.17) is 10.5 Å². The SMILES string of the molecule is COc1ccc(N)cc1C(=O)Nc1c(C)cc(C)cc1Br. The van der Waals surface area contributed by atoms with Crippen molar-refractivity contribution in [2.24, 2.45) is 0 Å². The molecule has 21 heavy (non-hydrogen) atoms. The number of rotatable bonds is 3. The minimum atomic E-state index is -0.258. The average molecular weight is 349 g/mol. The van der Waals surface area contributed by atoms with E-state index in [1.54, 1.807) is 18.2 Å². The maximum atomic E-state index is 12.5. The second-order valence-electron chi connectivity index (χ2n) is 4.85. The standard InChI is InChI=1S/C16H17BrN2O2/c1-9-6-10(2)15(13(17)7-9)19-16(20)12-8-11(18)4-5-14(12)21-3/h4-8H,18H2,1-3H3,(H,19,20). The van der Waals surface area contributed by atoms with Crippen molar-refractivity contribution < 1.29 is 9.53 Å². The van der Waals surface area contributed by atoms with Crippen LogP contribution in [-0.2, 0) is 0 Å². The second kappa shape index (κ2) is 6.18. The molecule has 2 rings (SSSR count). The first-order valence-electron chi connectivity index (χ1n) is 6.44. The molecular formula is C16H17BrN2O2. The maximum absolute atomic E-state index is 12.5. The number of ether oxygens (including phenoxy) is 1. The van der Waals surface area contributed by atoms with Gasteiger partial charge >= 0.3 is 0 Å². The van der Waals surface area contributed by atoms with Crippen molar-refractivity contribution in [3.8, 4) is 5.75 Å². The van der Waals surface area contributed by atoms with Gasteiger partial charge < -0.3 is 15.8 Å². The van der Waals surface area contributed by atoms with E-state index in [-0.39, 0.29) is 5.91 Å². The Balaban J connectivity index is 2.37. The summed E-state index contributed by atoms with van der Waals surface area (Å²) in [7, 11) is 1.52. The number of hydrogen-bond donors (Lipinski definition) is 2. The predicted octanol–water partition coefficient (Wildman–Crippen LogP) is 3.91. The normalized spacial score (nSPS) is 10.3. The molecule has 3 N–H and O–H groups in total. The number of hydrogen-bond acceptors (Lipinski definition) is 3. The number of methoxy groups -OCH3 is 1. The summed E-state index contributed by atoms with van der Waals surface area (Å²) in [5.41, 5.74) is 9.52. The monoisotopic (exact) mass is 348 g/mol. The van der Waals surface area contributed by atoms with Crippen LogP contribution in [0.25, 0.3) is 0 Å². The van der Waals surface area contributed by atoms with Crippen LogP contribution < -0.4 is 15.8 Å². The number of carbonyl (C=O) groups is 1. The Morgan fingerprint density at radius 3 is 2.57 bits per heavy atom. The molecule has 4 nitrogen and oxygen atoms in total. The van der Waals surface area contributed by atoms with E-state index >= 15 is 0 Å². The molecule has 0 saturated carbocycles. The molecule has 0 unspecified atom stereocenters. The fraction of sp³-hybridized carbons (Fsp3) is 0.188. The van der Waals surface area contributed by atoms with Gasteiger partial charge in [-0.15, -0.1) is 0 Å². The summed E-state index contributed by atoms with van der Waals surface area (Å²) in [6.07, 6.45) is 0. The van der Waals surface area contributed by atoms with E-state index in [1.807, 2.05) is 26.0 Å². The molecule has 110 valence electrons. The van der Waals surface area contributed by atoms with Crippen molar-refractivity contribution in [2.45, 2.75) is 13.8 Å². The lowest BCUT2D eigenvalue weighted by Crippen LogP contribution is -2.15. The minimum Gasteiger partial charge on any atom is -0.496 e. The number of nitrogen functional groups attached to an aromatic ring is 1. The third kappa shape index (κ3) is 3.36. The van der Waals surface area contributed by atoms with Gasteiger partial charge in [-0.25, -0.2) is 0 Å². The first-order chi connectivity index (χ1) is 9.92. The smallest absolute Gasteiger partial charge is 0.259 e. The summed E-state index contributed by atoms with van der Waals surface area (Å²) >= 11 is 3.48. The molecule has 0 aromatic heterocycles. The zero-order valence-corrected chi connectivity index (χ0v) is 13.7. The van der Waals surface area contributed by atoms with E-state index < -0.39 is 0 Å². The number of nitrogens with one attached hydrogen (secondary N) is 1. The number of anilines is 2. The van der Waals surface area contributed by atoms with Crippen molar-refractivity contribution in [2.75, 3.05) is 18.2 Å². The maximum Gasteiger partial charge on any atom is 0.259 e. The Hall–Kier alpha value is -2.01. The Kier molecular flexibility index (Phi) is 4.53. The van der Waals surface area contributed by atoms with Crippen molar-refractivity contribution in [1.29, 1.82) is 0 Å². The molecule has 0 radical (unpaired) electrons. The number of amides is 1. The fourth-order valence-corrected chi connectivity index (χ4v) is 2.93. The van der Waals surface area contributed by atoms with Crippen LogP contribution in [-0.4, -0.2) is 13.0 Å².